The largest absolute Gasteiger partial charge is 0.325 e. The summed E-state index contributed by atoms with van der Waals surface area (Å²) in [4.78, 5) is 0. The lowest BCUT2D eigenvalue weighted by molar-refractivity contribution is 0.325. The normalized spacial score (nSPS) is 37.9. The Bertz CT molecular complexity index is 121. The summed E-state index contributed by atoms with van der Waals surface area (Å²) < 4.78 is 0. The van der Waals surface area contributed by atoms with Gasteiger partial charge in [-0.05, 0) is 45.7 Å². The molecule has 11 heavy (non-hydrogen) atoms. The van der Waals surface area contributed by atoms with E-state index in [9.17, 15) is 0 Å². The molecule has 2 nitrogen and oxygen atoms in total. The summed E-state index contributed by atoms with van der Waals surface area (Å²) in [5.41, 5.74) is 6.26. The SMILES string of the molecule is CNCCC1CCCC1(C)N. The van der Waals surface area contributed by atoms with Crippen LogP contribution in [0.15, 0.2) is 0 Å². The van der Waals surface area contributed by atoms with Gasteiger partial charge in [-0.2, -0.15) is 0 Å². The third-order valence-electron chi connectivity index (χ3n) is 2.94. The van der Waals surface area contributed by atoms with Crippen LogP contribution in [0.2, 0.25) is 0 Å². The van der Waals surface area contributed by atoms with Crippen LogP contribution in [-0.4, -0.2) is 19.1 Å². The van der Waals surface area contributed by atoms with E-state index in [-0.39, 0.29) is 5.54 Å². The van der Waals surface area contributed by atoms with Gasteiger partial charge in [0.05, 0.1) is 0 Å². The van der Waals surface area contributed by atoms with E-state index in [0.717, 1.165) is 12.5 Å². The van der Waals surface area contributed by atoms with Gasteiger partial charge in [-0.1, -0.05) is 6.42 Å². The fraction of sp³-hybridized carbons (Fsp3) is 1.00. The summed E-state index contributed by atoms with van der Waals surface area (Å²) in [5, 5.41) is 3.18. The highest BCUT2D eigenvalue weighted by Crippen LogP contribution is 2.35. The van der Waals surface area contributed by atoms with Crippen LogP contribution in [0.25, 0.3) is 0 Å². The molecule has 0 saturated heterocycles. The Kier molecular flexibility index (Phi) is 2.90. The maximum Gasteiger partial charge on any atom is 0.0154 e. The minimum absolute atomic E-state index is 0.122. The second-order valence-electron chi connectivity index (χ2n) is 3.99. The molecule has 1 rings (SSSR count). The maximum absolute atomic E-state index is 6.14. The highest BCUT2D eigenvalue weighted by molar-refractivity contribution is 4.92. The first-order valence-electron chi connectivity index (χ1n) is 4.60. The fourth-order valence-corrected chi connectivity index (χ4v) is 2.06. The number of hydrogen-bond acceptors (Lipinski definition) is 2. The van der Waals surface area contributed by atoms with Crippen molar-refractivity contribution in [1.29, 1.82) is 0 Å². The molecule has 0 bridgehead atoms. The standard InChI is InChI=1S/C9H20N2/c1-9(10)6-3-4-8(9)5-7-11-2/h8,11H,3-7,10H2,1-2H3. The predicted molar refractivity (Wildman–Crippen MR) is 48.5 cm³/mol. The van der Waals surface area contributed by atoms with Crippen LogP contribution >= 0.6 is 0 Å². The summed E-state index contributed by atoms with van der Waals surface area (Å²) in [6, 6.07) is 0. The molecule has 66 valence electrons. The first-order valence-corrected chi connectivity index (χ1v) is 4.60. The Labute approximate surface area is 69.5 Å². The van der Waals surface area contributed by atoms with Crippen molar-refractivity contribution in [3.05, 3.63) is 0 Å². The second-order valence-corrected chi connectivity index (χ2v) is 3.99. The highest BCUT2D eigenvalue weighted by atomic mass is 14.8. The first kappa shape index (κ1) is 9.01. The molecule has 2 atom stereocenters. The van der Waals surface area contributed by atoms with Gasteiger partial charge < -0.3 is 11.1 Å². The lowest BCUT2D eigenvalue weighted by Gasteiger charge is -2.26. The summed E-state index contributed by atoms with van der Waals surface area (Å²) >= 11 is 0. The van der Waals surface area contributed by atoms with Crippen molar-refractivity contribution in [2.45, 2.75) is 38.1 Å². The molecular formula is C9H20N2. The van der Waals surface area contributed by atoms with E-state index in [1.54, 1.807) is 0 Å². The van der Waals surface area contributed by atoms with Crippen molar-refractivity contribution in [3.8, 4) is 0 Å². The molecule has 2 heteroatoms. The molecule has 0 aromatic rings. The molecule has 0 radical (unpaired) electrons. The van der Waals surface area contributed by atoms with Gasteiger partial charge in [0.1, 0.15) is 0 Å². The quantitative estimate of drug-likeness (QED) is 0.642. The molecule has 1 aliphatic carbocycles. The maximum atomic E-state index is 6.14. The molecule has 1 fully saturated rings. The lowest BCUT2D eigenvalue weighted by Crippen LogP contribution is -2.40. The van der Waals surface area contributed by atoms with Crippen molar-refractivity contribution in [3.63, 3.8) is 0 Å². The average Bonchev–Trinajstić information content (AvgIpc) is 2.25. The number of hydrogen-bond donors (Lipinski definition) is 2. The van der Waals surface area contributed by atoms with Crippen molar-refractivity contribution in [2.75, 3.05) is 13.6 Å². The fourth-order valence-electron chi connectivity index (χ4n) is 2.06. The van der Waals surface area contributed by atoms with E-state index in [4.69, 9.17) is 5.73 Å². The molecule has 0 spiro atoms. The smallest absolute Gasteiger partial charge is 0.0154 e. The van der Waals surface area contributed by atoms with Crippen molar-refractivity contribution in [1.82, 2.24) is 5.32 Å². The van der Waals surface area contributed by atoms with Crippen LogP contribution in [0.5, 0.6) is 0 Å². The molecule has 3 N–H and O–H groups in total. The van der Waals surface area contributed by atoms with Crippen molar-refractivity contribution in [2.24, 2.45) is 11.7 Å². The van der Waals surface area contributed by atoms with E-state index in [0.29, 0.717) is 0 Å². The molecule has 1 saturated carbocycles. The summed E-state index contributed by atoms with van der Waals surface area (Å²) in [6.07, 6.45) is 5.10. The van der Waals surface area contributed by atoms with Gasteiger partial charge in [-0.15, -0.1) is 0 Å². The molecule has 0 aromatic carbocycles. The first-order chi connectivity index (χ1) is 5.17. The number of nitrogens with one attached hydrogen (secondary N) is 1. The van der Waals surface area contributed by atoms with Crippen LogP contribution in [0, 0.1) is 5.92 Å². The molecule has 1 aliphatic rings. The Morgan fingerprint density at radius 1 is 1.64 bits per heavy atom. The molecule has 2 unspecified atom stereocenters. The highest BCUT2D eigenvalue weighted by Gasteiger charge is 2.33. The Balaban J connectivity index is 2.32. The minimum atomic E-state index is 0.122. The third-order valence-corrected chi connectivity index (χ3v) is 2.94. The third kappa shape index (κ3) is 2.17. The molecular weight excluding hydrogens is 136 g/mol. The van der Waals surface area contributed by atoms with E-state index in [2.05, 4.69) is 12.2 Å². The molecule has 0 aliphatic heterocycles. The van der Waals surface area contributed by atoms with Crippen LogP contribution in [-0.2, 0) is 0 Å². The molecule has 0 heterocycles. The van der Waals surface area contributed by atoms with Gasteiger partial charge in [-0.3, -0.25) is 0 Å². The predicted octanol–water partition coefficient (Wildman–Crippen LogP) is 1.11. The van der Waals surface area contributed by atoms with Crippen molar-refractivity contribution >= 4 is 0 Å². The van der Waals surface area contributed by atoms with Gasteiger partial charge in [0.25, 0.3) is 0 Å². The lowest BCUT2D eigenvalue weighted by atomic mass is 9.88. The van der Waals surface area contributed by atoms with Gasteiger partial charge in [0, 0.05) is 5.54 Å². The van der Waals surface area contributed by atoms with Gasteiger partial charge in [-0.25, -0.2) is 0 Å². The Morgan fingerprint density at radius 3 is 2.82 bits per heavy atom. The average molecular weight is 156 g/mol. The monoisotopic (exact) mass is 156 g/mol. The molecule has 0 amide bonds. The second kappa shape index (κ2) is 3.55. The zero-order valence-electron chi connectivity index (χ0n) is 7.69. The van der Waals surface area contributed by atoms with Gasteiger partial charge in [0.15, 0.2) is 0 Å². The zero-order valence-corrected chi connectivity index (χ0v) is 7.69. The summed E-state index contributed by atoms with van der Waals surface area (Å²) in [6.45, 7) is 3.30. The number of rotatable bonds is 3. The van der Waals surface area contributed by atoms with Crippen LogP contribution < -0.4 is 11.1 Å². The van der Waals surface area contributed by atoms with Crippen LogP contribution in [0.3, 0.4) is 0 Å². The minimum Gasteiger partial charge on any atom is -0.325 e. The van der Waals surface area contributed by atoms with E-state index in [1.165, 1.54) is 25.7 Å². The summed E-state index contributed by atoms with van der Waals surface area (Å²) in [7, 11) is 2.00. The van der Waals surface area contributed by atoms with E-state index >= 15 is 0 Å². The Hall–Kier alpha value is -0.0800. The van der Waals surface area contributed by atoms with Gasteiger partial charge in [0.2, 0.25) is 0 Å². The molecule has 0 aromatic heterocycles. The van der Waals surface area contributed by atoms with Gasteiger partial charge >= 0.3 is 0 Å². The van der Waals surface area contributed by atoms with E-state index in [1.807, 2.05) is 7.05 Å². The van der Waals surface area contributed by atoms with Crippen LogP contribution in [0.4, 0.5) is 0 Å². The van der Waals surface area contributed by atoms with E-state index < -0.39 is 0 Å². The summed E-state index contributed by atoms with van der Waals surface area (Å²) in [5.74, 6) is 0.745. The topological polar surface area (TPSA) is 38.0 Å². The Morgan fingerprint density at radius 2 is 2.36 bits per heavy atom. The van der Waals surface area contributed by atoms with Crippen molar-refractivity contribution < 1.29 is 0 Å². The van der Waals surface area contributed by atoms with Crippen LogP contribution in [0.1, 0.15) is 32.6 Å². The zero-order chi connectivity index (χ0) is 8.32. The number of nitrogens with two attached hydrogens (primary N) is 1.